The van der Waals surface area contributed by atoms with Crippen LogP contribution in [-0.2, 0) is 6.54 Å². The highest BCUT2D eigenvalue weighted by molar-refractivity contribution is 5.53. The first-order chi connectivity index (χ1) is 7.72. The van der Waals surface area contributed by atoms with Gasteiger partial charge in [-0.3, -0.25) is 0 Å². The zero-order valence-electron chi connectivity index (χ0n) is 8.85. The summed E-state index contributed by atoms with van der Waals surface area (Å²) in [5.74, 6) is -0.478. The molecule has 1 heterocycles. The van der Waals surface area contributed by atoms with Crippen LogP contribution in [0.25, 0.3) is 0 Å². The lowest BCUT2D eigenvalue weighted by atomic mass is 10.3. The van der Waals surface area contributed by atoms with Crippen LogP contribution >= 0.6 is 0 Å². The van der Waals surface area contributed by atoms with Crippen molar-refractivity contribution in [2.24, 2.45) is 0 Å². The lowest BCUT2D eigenvalue weighted by Gasteiger charge is -2.09. The highest BCUT2D eigenvalue weighted by Crippen LogP contribution is 2.29. The van der Waals surface area contributed by atoms with Crippen LogP contribution in [-0.4, -0.2) is 9.55 Å². The van der Waals surface area contributed by atoms with Gasteiger partial charge in [-0.15, -0.1) is 0 Å². The molecule has 84 valence electrons. The molecule has 1 aromatic carbocycles. The van der Waals surface area contributed by atoms with Crippen molar-refractivity contribution in [2.45, 2.75) is 13.5 Å². The lowest BCUT2D eigenvalue weighted by molar-refractivity contribution is 0.392. The number of nitrogen functional groups attached to an aromatic ring is 1. The molecule has 2 aromatic rings. The van der Waals surface area contributed by atoms with Crippen molar-refractivity contribution in [1.29, 1.82) is 0 Å². The minimum atomic E-state index is -0.495. The van der Waals surface area contributed by atoms with Crippen LogP contribution in [0.15, 0.2) is 30.6 Å². The van der Waals surface area contributed by atoms with Gasteiger partial charge < -0.3 is 15.0 Å². The molecule has 5 heteroatoms. The minimum Gasteiger partial charge on any atom is -0.420 e. The van der Waals surface area contributed by atoms with Crippen molar-refractivity contribution in [3.63, 3.8) is 0 Å². The van der Waals surface area contributed by atoms with Gasteiger partial charge in [-0.1, -0.05) is 6.07 Å². The van der Waals surface area contributed by atoms with Crippen LogP contribution in [0, 0.1) is 5.82 Å². The van der Waals surface area contributed by atoms with Gasteiger partial charge in [-0.05, 0) is 19.1 Å². The molecule has 0 aliphatic rings. The molecule has 0 saturated carbocycles. The van der Waals surface area contributed by atoms with E-state index in [1.54, 1.807) is 23.0 Å². The lowest BCUT2D eigenvalue weighted by Crippen LogP contribution is -2.01. The van der Waals surface area contributed by atoms with E-state index < -0.39 is 5.82 Å². The number of hydrogen-bond acceptors (Lipinski definition) is 3. The molecule has 0 unspecified atom stereocenters. The van der Waals surface area contributed by atoms with Crippen molar-refractivity contribution in [3.8, 4) is 11.8 Å². The molecule has 0 aliphatic carbocycles. The van der Waals surface area contributed by atoms with Gasteiger partial charge in [0.1, 0.15) is 0 Å². The third-order valence-electron chi connectivity index (χ3n) is 2.21. The largest absolute Gasteiger partial charge is 0.420 e. The van der Waals surface area contributed by atoms with Gasteiger partial charge in [0.25, 0.3) is 0 Å². The van der Waals surface area contributed by atoms with Gasteiger partial charge in [-0.25, -0.2) is 9.37 Å². The summed E-state index contributed by atoms with van der Waals surface area (Å²) in [7, 11) is 0. The minimum absolute atomic E-state index is 0.0170. The number of aromatic nitrogens is 2. The predicted molar refractivity (Wildman–Crippen MR) is 58.8 cm³/mol. The third-order valence-corrected chi connectivity index (χ3v) is 2.21. The summed E-state index contributed by atoms with van der Waals surface area (Å²) in [5, 5.41) is 0. The number of benzene rings is 1. The normalized spacial score (nSPS) is 10.4. The van der Waals surface area contributed by atoms with E-state index in [4.69, 9.17) is 10.5 Å². The van der Waals surface area contributed by atoms with Crippen LogP contribution in [0.1, 0.15) is 6.92 Å². The highest BCUT2D eigenvalue weighted by Gasteiger charge is 2.11. The molecule has 0 spiro atoms. The van der Waals surface area contributed by atoms with Crippen LogP contribution in [0.4, 0.5) is 10.1 Å². The predicted octanol–water partition coefficient (Wildman–Crippen LogP) is 2.42. The molecule has 0 bridgehead atoms. The number of anilines is 1. The molecule has 4 nitrogen and oxygen atoms in total. The third kappa shape index (κ3) is 1.84. The Balaban J connectivity index is 2.34. The summed E-state index contributed by atoms with van der Waals surface area (Å²) >= 11 is 0. The van der Waals surface area contributed by atoms with Gasteiger partial charge >= 0.3 is 6.01 Å². The fourth-order valence-electron chi connectivity index (χ4n) is 1.37. The Kier molecular flexibility index (Phi) is 2.76. The van der Waals surface area contributed by atoms with E-state index in [-0.39, 0.29) is 11.4 Å². The van der Waals surface area contributed by atoms with Gasteiger partial charge in [-0.2, -0.15) is 0 Å². The van der Waals surface area contributed by atoms with Crippen molar-refractivity contribution < 1.29 is 9.13 Å². The van der Waals surface area contributed by atoms with E-state index in [9.17, 15) is 4.39 Å². The topological polar surface area (TPSA) is 53.1 Å². The zero-order valence-corrected chi connectivity index (χ0v) is 8.85. The van der Waals surface area contributed by atoms with E-state index in [0.29, 0.717) is 12.6 Å². The smallest absolute Gasteiger partial charge is 0.301 e. The molecule has 0 radical (unpaired) electrons. The van der Waals surface area contributed by atoms with E-state index in [0.717, 1.165) is 0 Å². The number of nitrogens with two attached hydrogens (primary N) is 1. The number of halogens is 1. The van der Waals surface area contributed by atoms with Crippen molar-refractivity contribution in [3.05, 3.63) is 36.4 Å². The molecular formula is C11H12FN3O. The molecular weight excluding hydrogens is 209 g/mol. The van der Waals surface area contributed by atoms with E-state index in [1.807, 2.05) is 6.92 Å². The first-order valence-corrected chi connectivity index (χ1v) is 4.95. The fraction of sp³-hybridized carbons (Fsp3) is 0.182. The van der Waals surface area contributed by atoms with Crippen molar-refractivity contribution in [1.82, 2.24) is 9.55 Å². The van der Waals surface area contributed by atoms with E-state index >= 15 is 0 Å². The van der Waals surface area contributed by atoms with Crippen LogP contribution in [0.3, 0.4) is 0 Å². The number of ether oxygens (including phenoxy) is 1. The number of para-hydroxylation sites is 1. The molecule has 1 aromatic heterocycles. The standard InChI is InChI=1S/C11H12FN3O/c1-2-15-7-6-14-11(15)16-10-8(12)4-3-5-9(10)13/h3-7H,2,13H2,1H3. The number of imidazole rings is 1. The average Bonchev–Trinajstić information content (AvgIpc) is 2.71. The Bertz CT molecular complexity index is 475. The summed E-state index contributed by atoms with van der Waals surface area (Å²) in [5.41, 5.74) is 5.88. The van der Waals surface area contributed by atoms with Gasteiger partial charge in [0.05, 0.1) is 5.69 Å². The van der Waals surface area contributed by atoms with E-state index in [2.05, 4.69) is 4.98 Å². The Hall–Kier alpha value is -2.04. The Morgan fingerprint density at radius 2 is 2.31 bits per heavy atom. The summed E-state index contributed by atoms with van der Waals surface area (Å²) in [6.07, 6.45) is 3.35. The number of aryl methyl sites for hydroxylation is 1. The summed E-state index contributed by atoms with van der Waals surface area (Å²) in [4.78, 5) is 3.98. The van der Waals surface area contributed by atoms with Crippen molar-refractivity contribution in [2.75, 3.05) is 5.73 Å². The van der Waals surface area contributed by atoms with Crippen LogP contribution in [0.5, 0.6) is 11.8 Å². The Morgan fingerprint density at radius 1 is 1.50 bits per heavy atom. The number of nitrogens with zero attached hydrogens (tertiary/aromatic N) is 2. The maximum absolute atomic E-state index is 13.4. The monoisotopic (exact) mass is 221 g/mol. The molecule has 16 heavy (non-hydrogen) atoms. The number of rotatable bonds is 3. The SMILES string of the molecule is CCn1ccnc1Oc1c(N)cccc1F. The molecule has 0 amide bonds. The Labute approximate surface area is 92.5 Å². The van der Waals surface area contributed by atoms with Crippen LogP contribution in [0.2, 0.25) is 0 Å². The molecule has 0 aliphatic heterocycles. The summed E-state index contributed by atoms with van der Waals surface area (Å²) in [6.45, 7) is 2.64. The first-order valence-electron chi connectivity index (χ1n) is 4.95. The second-order valence-corrected chi connectivity index (χ2v) is 3.26. The molecule has 0 saturated heterocycles. The quantitative estimate of drug-likeness (QED) is 0.810. The average molecular weight is 221 g/mol. The fourth-order valence-corrected chi connectivity index (χ4v) is 1.37. The number of hydrogen-bond donors (Lipinski definition) is 1. The maximum Gasteiger partial charge on any atom is 0.301 e. The van der Waals surface area contributed by atoms with E-state index in [1.165, 1.54) is 12.1 Å². The molecule has 2 rings (SSSR count). The second-order valence-electron chi connectivity index (χ2n) is 3.26. The van der Waals surface area contributed by atoms with Gasteiger partial charge in [0.15, 0.2) is 11.6 Å². The first kappa shape index (κ1) is 10.5. The summed E-state index contributed by atoms with van der Waals surface area (Å²) in [6, 6.07) is 4.74. The van der Waals surface area contributed by atoms with Crippen molar-refractivity contribution >= 4 is 5.69 Å². The maximum atomic E-state index is 13.4. The Morgan fingerprint density at radius 3 is 3.00 bits per heavy atom. The second kappa shape index (κ2) is 4.22. The van der Waals surface area contributed by atoms with Gasteiger partial charge in [0.2, 0.25) is 0 Å². The summed E-state index contributed by atoms with van der Waals surface area (Å²) < 4.78 is 20.5. The molecule has 0 atom stereocenters. The van der Waals surface area contributed by atoms with Gasteiger partial charge in [0, 0.05) is 18.9 Å². The molecule has 0 fully saturated rings. The zero-order chi connectivity index (χ0) is 11.5. The highest BCUT2D eigenvalue weighted by atomic mass is 19.1. The molecule has 2 N–H and O–H groups in total. The van der Waals surface area contributed by atoms with Crippen LogP contribution < -0.4 is 10.5 Å².